The zero-order chi connectivity index (χ0) is 24.2. The molecule has 7 N–H and O–H groups in total. The number of nitrogens with zero attached hydrogens (tertiary/aromatic N) is 3. The van der Waals surface area contributed by atoms with Crippen molar-refractivity contribution in [3.8, 4) is 0 Å². The molecule has 3 heterocycles. The summed E-state index contributed by atoms with van der Waals surface area (Å²) in [6.45, 7) is -0.0262. The van der Waals surface area contributed by atoms with Gasteiger partial charge in [0.2, 0.25) is 0 Å². The van der Waals surface area contributed by atoms with Crippen molar-refractivity contribution in [2.75, 3.05) is 11.9 Å². The maximum atomic E-state index is 10.3. The minimum Gasteiger partial charge on any atom is -0.387 e. The van der Waals surface area contributed by atoms with Gasteiger partial charge in [0.25, 0.3) is 0 Å². The largest absolute Gasteiger partial charge is 0.469 e. The highest BCUT2D eigenvalue weighted by Gasteiger charge is 2.42. The summed E-state index contributed by atoms with van der Waals surface area (Å²) in [4.78, 5) is 32.0. The van der Waals surface area contributed by atoms with Crippen LogP contribution in [0.4, 0.5) is 5.82 Å². The number of fused-ring (bicyclic) bond motifs is 1. The predicted octanol–water partition coefficient (Wildman–Crippen LogP) is 0.806. The zero-order valence-electron chi connectivity index (χ0n) is 16.6. The number of ether oxygens (including phenoxy) is 1. The first kappa shape index (κ1) is 25.7. The minimum absolute atomic E-state index is 0.537. The van der Waals surface area contributed by atoms with Gasteiger partial charge in [0.05, 0.1) is 23.0 Å². The number of halogens is 2. The van der Waals surface area contributed by atoms with E-state index in [-0.39, 0.29) is 0 Å². The second-order valence-corrected chi connectivity index (χ2v) is 8.81. The summed E-state index contributed by atoms with van der Waals surface area (Å²) >= 11 is 11.8. The average molecular weight is 524 g/mol. The van der Waals surface area contributed by atoms with E-state index in [0.717, 1.165) is 11.1 Å². The molecule has 16 heteroatoms. The molecule has 1 aliphatic rings. The maximum absolute atomic E-state index is 10.3. The van der Waals surface area contributed by atoms with Gasteiger partial charge in [-0.1, -0.05) is 29.3 Å². The van der Waals surface area contributed by atoms with Gasteiger partial charge in [0.15, 0.2) is 17.8 Å². The van der Waals surface area contributed by atoms with Gasteiger partial charge >= 0.3 is 7.82 Å². The molecule has 0 saturated carbocycles. The fraction of sp³-hybridized carbons (Fsp3) is 0.353. The van der Waals surface area contributed by atoms with E-state index in [4.69, 9.17) is 48.3 Å². The number of aliphatic hydroxyl groups excluding tert-OH is 3. The number of aromatic nitrogens is 4. The number of rotatable bonds is 6. The number of phosphoric ester groups is 1. The van der Waals surface area contributed by atoms with E-state index in [1.807, 2.05) is 12.1 Å². The quantitative estimate of drug-likeness (QED) is 0.224. The summed E-state index contributed by atoms with van der Waals surface area (Å²) < 4.78 is 18.9. The summed E-state index contributed by atoms with van der Waals surface area (Å²) in [5.74, 6) is 0.702. The highest BCUT2D eigenvalue weighted by atomic mass is 35.5. The van der Waals surface area contributed by atoms with Crippen molar-refractivity contribution in [3.63, 3.8) is 0 Å². The van der Waals surface area contributed by atoms with Gasteiger partial charge in [-0.05, 0) is 17.7 Å². The molecule has 13 nitrogen and oxygen atoms in total. The number of phosphoric acid groups is 1. The lowest BCUT2D eigenvalue weighted by molar-refractivity contribution is -0.132. The Kier molecular flexibility index (Phi) is 8.59. The summed E-state index contributed by atoms with van der Waals surface area (Å²) in [6, 6.07) is 5.50. The standard InChI is InChI=1S/C12H9Cl2N5.C5H11O8P/c13-8-2-1-7(3-9(8)14)4-15-11-10-12(17-5-16-10)19-6-18-11;6-3-2(1-12-14(9,10)11)13-5(8)4(3)7/h1-3,5-6H,4H2,(H2,15,16,17,18,19);2-8H,1H2,(H2,9,10,11)/t;2-,3-,4-,5?/m.1/s1. The van der Waals surface area contributed by atoms with Crippen molar-refractivity contribution in [1.29, 1.82) is 0 Å². The molecule has 0 amide bonds. The molecule has 4 atom stereocenters. The molecular formula is C17H20Cl2N5O8P. The Bertz CT molecular complexity index is 1130. The van der Waals surface area contributed by atoms with Crippen LogP contribution in [0.3, 0.4) is 0 Å². The second kappa shape index (κ2) is 11.0. The van der Waals surface area contributed by atoms with Gasteiger partial charge in [0.1, 0.15) is 30.2 Å². The van der Waals surface area contributed by atoms with E-state index in [9.17, 15) is 4.57 Å². The summed E-state index contributed by atoms with van der Waals surface area (Å²) in [7, 11) is -4.64. The third-order valence-corrected chi connectivity index (χ3v) is 5.64. The molecular weight excluding hydrogens is 504 g/mol. The number of nitrogens with one attached hydrogen (secondary N) is 2. The van der Waals surface area contributed by atoms with Crippen molar-refractivity contribution in [2.45, 2.75) is 31.1 Å². The Hall–Kier alpha value is -1.90. The number of imidazole rings is 1. The number of aromatic amines is 1. The van der Waals surface area contributed by atoms with E-state index in [2.05, 4.69) is 34.5 Å². The predicted molar refractivity (Wildman–Crippen MR) is 116 cm³/mol. The number of hydrogen-bond donors (Lipinski definition) is 7. The molecule has 2 aromatic heterocycles. The molecule has 0 aliphatic carbocycles. The maximum Gasteiger partial charge on any atom is 0.469 e. The molecule has 0 radical (unpaired) electrons. The molecule has 33 heavy (non-hydrogen) atoms. The molecule has 4 rings (SSSR count). The first-order chi connectivity index (χ1) is 15.5. The highest BCUT2D eigenvalue weighted by molar-refractivity contribution is 7.46. The van der Waals surface area contributed by atoms with Crippen LogP contribution in [0.2, 0.25) is 10.0 Å². The molecule has 0 spiro atoms. The lowest BCUT2D eigenvalue weighted by atomic mass is 10.1. The fourth-order valence-corrected chi connectivity index (χ4v) is 3.43. The number of benzene rings is 1. The SMILES string of the molecule is Clc1ccc(CNc2ncnc3nc[nH]c23)cc1Cl.O=P(O)(O)OC[C@H]1OC(O)[C@H](O)[C@@H]1O. The van der Waals surface area contributed by atoms with Crippen molar-refractivity contribution in [3.05, 3.63) is 46.5 Å². The van der Waals surface area contributed by atoms with Gasteiger partial charge in [-0.3, -0.25) is 4.52 Å². The topological polar surface area (TPSA) is 203 Å². The van der Waals surface area contributed by atoms with Crippen molar-refractivity contribution in [1.82, 2.24) is 19.9 Å². The molecule has 3 aromatic rings. The summed E-state index contributed by atoms with van der Waals surface area (Å²) in [5, 5.41) is 31.3. The van der Waals surface area contributed by atoms with Crippen LogP contribution in [0.15, 0.2) is 30.9 Å². The average Bonchev–Trinajstić information content (AvgIpc) is 3.34. The van der Waals surface area contributed by atoms with Crippen molar-refractivity contribution in [2.24, 2.45) is 0 Å². The smallest absolute Gasteiger partial charge is 0.387 e. The van der Waals surface area contributed by atoms with E-state index in [1.165, 1.54) is 6.33 Å². The molecule has 1 saturated heterocycles. The van der Waals surface area contributed by atoms with Crippen LogP contribution >= 0.6 is 31.0 Å². The molecule has 1 fully saturated rings. The first-order valence-corrected chi connectivity index (χ1v) is 11.6. The number of hydrogen-bond acceptors (Lipinski definition) is 10. The van der Waals surface area contributed by atoms with Crippen molar-refractivity contribution < 1.29 is 38.9 Å². The third-order valence-electron chi connectivity index (χ3n) is 4.41. The Labute approximate surface area is 196 Å². The van der Waals surface area contributed by atoms with Gasteiger partial charge in [-0.15, -0.1) is 0 Å². The normalized spacial score (nSPS) is 22.8. The van der Waals surface area contributed by atoms with Gasteiger partial charge in [-0.25, -0.2) is 19.5 Å². The Balaban J connectivity index is 0.000000196. The Morgan fingerprint density at radius 3 is 2.52 bits per heavy atom. The molecule has 1 aliphatic heterocycles. The van der Waals surface area contributed by atoms with Gasteiger partial charge < -0.3 is 40.1 Å². The number of anilines is 1. The van der Waals surface area contributed by atoms with Crippen LogP contribution in [0.5, 0.6) is 0 Å². The highest BCUT2D eigenvalue weighted by Crippen LogP contribution is 2.37. The molecule has 180 valence electrons. The van der Waals surface area contributed by atoms with Crippen molar-refractivity contribution >= 4 is 48.0 Å². The van der Waals surface area contributed by atoms with E-state index in [1.54, 1.807) is 12.4 Å². The van der Waals surface area contributed by atoms with Crippen LogP contribution in [-0.4, -0.2) is 76.3 Å². The van der Waals surface area contributed by atoms with E-state index < -0.39 is 39.0 Å². The fourth-order valence-electron chi connectivity index (χ4n) is 2.77. The van der Waals surface area contributed by atoms with Crippen LogP contribution in [0, 0.1) is 0 Å². The molecule has 1 unspecified atom stereocenters. The Morgan fingerprint density at radius 1 is 1.12 bits per heavy atom. The van der Waals surface area contributed by atoms with Crippen LogP contribution in [0.25, 0.3) is 11.2 Å². The van der Waals surface area contributed by atoms with E-state index >= 15 is 0 Å². The van der Waals surface area contributed by atoms with Crippen LogP contribution in [-0.2, 0) is 20.4 Å². The lowest BCUT2D eigenvalue weighted by Crippen LogP contribution is -2.34. The number of H-pyrrole nitrogens is 1. The summed E-state index contributed by atoms with van der Waals surface area (Å²) in [6.07, 6.45) is -2.61. The minimum atomic E-state index is -4.64. The Morgan fingerprint density at radius 2 is 1.88 bits per heavy atom. The molecule has 0 bridgehead atoms. The lowest BCUT2D eigenvalue weighted by Gasteiger charge is -2.14. The van der Waals surface area contributed by atoms with Gasteiger partial charge in [0, 0.05) is 6.54 Å². The summed E-state index contributed by atoms with van der Waals surface area (Å²) in [5.41, 5.74) is 2.43. The third kappa shape index (κ3) is 7.04. The van der Waals surface area contributed by atoms with Crippen LogP contribution < -0.4 is 5.32 Å². The van der Waals surface area contributed by atoms with Gasteiger partial charge in [-0.2, -0.15) is 0 Å². The first-order valence-electron chi connectivity index (χ1n) is 9.27. The van der Waals surface area contributed by atoms with E-state index in [0.29, 0.717) is 28.1 Å². The zero-order valence-corrected chi connectivity index (χ0v) is 19.0. The van der Waals surface area contributed by atoms with Crippen LogP contribution in [0.1, 0.15) is 5.56 Å². The molecule has 1 aromatic carbocycles. The number of aliphatic hydroxyl groups is 3. The monoisotopic (exact) mass is 523 g/mol. The second-order valence-electron chi connectivity index (χ2n) is 6.76.